The molecule has 5 rings (SSSR count). The standard InChI is InChI=1S/C21H18N2O6S/c1-2-27-21(24)19-15-12-30(25,26)18-6-4-3-5-14(18)20(15)23(22-19)13-7-8-16-17(11-13)29-10-9-28-16/h3-8,11H,2,9-10,12H2,1H3. The van der Waals surface area contributed by atoms with E-state index in [-0.39, 0.29) is 22.9 Å². The van der Waals surface area contributed by atoms with Crippen molar-refractivity contribution in [3.63, 3.8) is 0 Å². The predicted octanol–water partition coefficient (Wildman–Crippen LogP) is 2.77. The smallest absolute Gasteiger partial charge is 0.359 e. The first kappa shape index (κ1) is 18.7. The molecule has 0 fully saturated rings. The van der Waals surface area contributed by atoms with Crippen molar-refractivity contribution in [1.82, 2.24) is 9.78 Å². The molecule has 3 aromatic rings. The number of aromatic nitrogens is 2. The minimum Gasteiger partial charge on any atom is -0.486 e. The van der Waals surface area contributed by atoms with Crippen LogP contribution in [0.5, 0.6) is 11.5 Å². The summed E-state index contributed by atoms with van der Waals surface area (Å²) in [6.07, 6.45) is 0. The van der Waals surface area contributed by atoms with Gasteiger partial charge >= 0.3 is 5.97 Å². The van der Waals surface area contributed by atoms with Gasteiger partial charge in [-0.3, -0.25) is 0 Å². The number of hydrogen-bond acceptors (Lipinski definition) is 7. The van der Waals surface area contributed by atoms with Gasteiger partial charge in [-0.05, 0) is 25.1 Å². The number of nitrogens with zero attached hydrogens (tertiary/aromatic N) is 2. The van der Waals surface area contributed by atoms with Crippen LogP contribution in [0.3, 0.4) is 0 Å². The lowest BCUT2D eigenvalue weighted by atomic mass is 10.1. The lowest BCUT2D eigenvalue weighted by Crippen LogP contribution is -2.16. The highest BCUT2D eigenvalue weighted by Crippen LogP contribution is 2.41. The maximum absolute atomic E-state index is 12.9. The molecule has 2 aliphatic heterocycles. The Morgan fingerprint density at radius 2 is 1.90 bits per heavy atom. The predicted molar refractivity (Wildman–Crippen MR) is 107 cm³/mol. The Morgan fingerprint density at radius 1 is 1.13 bits per heavy atom. The first-order valence-electron chi connectivity index (χ1n) is 9.51. The van der Waals surface area contributed by atoms with Gasteiger partial charge in [-0.1, -0.05) is 18.2 Å². The van der Waals surface area contributed by atoms with Gasteiger partial charge in [0.1, 0.15) is 13.2 Å². The van der Waals surface area contributed by atoms with Gasteiger partial charge in [-0.2, -0.15) is 5.10 Å². The highest BCUT2D eigenvalue weighted by atomic mass is 32.2. The number of carbonyl (C=O) groups is 1. The van der Waals surface area contributed by atoms with Gasteiger partial charge in [0, 0.05) is 17.2 Å². The van der Waals surface area contributed by atoms with Crippen molar-refractivity contribution in [3.8, 4) is 28.4 Å². The lowest BCUT2D eigenvalue weighted by Gasteiger charge is -2.21. The number of esters is 1. The summed E-state index contributed by atoms with van der Waals surface area (Å²) in [5.74, 6) is 0.217. The summed E-state index contributed by atoms with van der Waals surface area (Å²) in [6.45, 7) is 2.76. The third-order valence-corrected chi connectivity index (χ3v) is 6.73. The monoisotopic (exact) mass is 426 g/mol. The Kier molecular flexibility index (Phi) is 4.28. The molecule has 0 saturated heterocycles. The van der Waals surface area contributed by atoms with Crippen LogP contribution >= 0.6 is 0 Å². The van der Waals surface area contributed by atoms with Gasteiger partial charge in [0.25, 0.3) is 0 Å². The van der Waals surface area contributed by atoms with E-state index in [4.69, 9.17) is 14.2 Å². The molecule has 0 radical (unpaired) electrons. The summed E-state index contributed by atoms with van der Waals surface area (Å²) in [4.78, 5) is 12.8. The molecule has 0 spiro atoms. The van der Waals surface area contributed by atoms with Crippen LogP contribution in [0.1, 0.15) is 23.0 Å². The van der Waals surface area contributed by atoms with E-state index < -0.39 is 15.8 Å². The molecule has 0 atom stereocenters. The molecule has 2 aliphatic rings. The Balaban J connectivity index is 1.77. The molecule has 0 bridgehead atoms. The molecule has 3 heterocycles. The molecule has 2 aromatic carbocycles. The van der Waals surface area contributed by atoms with Gasteiger partial charge in [-0.15, -0.1) is 0 Å². The van der Waals surface area contributed by atoms with Crippen molar-refractivity contribution in [2.45, 2.75) is 17.6 Å². The second-order valence-electron chi connectivity index (χ2n) is 6.89. The normalized spacial score (nSPS) is 15.8. The minimum absolute atomic E-state index is 0.000169. The SMILES string of the molecule is CCOC(=O)c1nn(-c2ccc3c(c2)OCCO3)c2c1CS(=O)(=O)c1ccccc1-2. The van der Waals surface area contributed by atoms with Crippen molar-refractivity contribution >= 4 is 15.8 Å². The molecular formula is C21H18N2O6S. The fourth-order valence-electron chi connectivity index (χ4n) is 3.78. The second kappa shape index (κ2) is 6.88. The zero-order chi connectivity index (χ0) is 20.9. The topological polar surface area (TPSA) is 96.7 Å². The Bertz CT molecular complexity index is 1280. The molecule has 8 nitrogen and oxygen atoms in total. The quantitative estimate of drug-likeness (QED) is 0.594. The minimum atomic E-state index is -3.62. The largest absolute Gasteiger partial charge is 0.486 e. The molecule has 9 heteroatoms. The van der Waals surface area contributed by atoms with Crippen LogP contribution in [0.15, 0.2) is 47.4 Å². The third kappa shape index (κ3) is 2.85. The zero-order valence-electron chi connectivity index (χ0n) is 16.1. The Labute approximate surface area is 172 Å². The molecule has 0 unspecified atom stereocenters. The van der Waals surface area contributed by atoms with Crippen LogP contribution < -0.4 is 9.47 Å². The van der Waals surface area contributed by atoms with Gasteiger partial charge < -0.3 is 14.2 Å². The summed E-state index contributed by atoms with van der Waals surface area (Å²) in [7, 11) is -3.62. The first-order chi connectivity index (χ1) is 14.5. The van der Waals surface area contributed by atoms with E-state index in [1.54, 1.807) is 54.1 Å². The van der Waals surface area contributed by atoms with Gasteiger partial charge in [0.15, 0.2) is 27.0 Å². The van der Waals surface area contributed by atoms with Crippen molar-refractivity contribution in [3.05, 3.63) is 53.7 Å². The number of carbonyl (C=O) groups excluding carboxylic acids is 1. The van der Waals surface area contributed by atoms with Crippen LogP contribution in [0.25, 0.3) is 16.9 Å². The van der Waals surface area contributed by atoms with E-state index in [2.05, 4.69) is 5.10 Å². The summed E-state index contributed by atoms with van der Waals surface area (Å²) in [5.41, 5.74) is 2.01. The van der Waals surface area contributed by atoms with E-state index in [0.717, 1.165) is 0 Å². The molecule has 0 N–H and O–H groups in total. The van der Waals surface area contributed by atoms with E-state index in [0.29, 0.717) is 47.2 Å². The van der Waals surface area contributed by atoms with Crippen molar-refractivity contribution in [1.29, 1.82) is 0 Å². The summed E-state index contributed by atoms with van der Waals surface area (Å²) in [6, 6.07) is 12.1. The van der Waals surface area contributed by atoms with Gasteiger partial charge in [0.2, 0.25) is 0 Å². The van der Waals surface area contributed by atoms with E-state index in [1.807, 2.05) is 0 Å². The van der Waals surface area contributed by atoms with Crippen LogP contribution in [-0.2, 0) is 20.3 Å². The highest BCUT2D eigenvalue weighted by molar-refractivity contribution is 7.90. The van der Waals surface area contributed by atoms with Gasteiger partial charge in [0.05, 0.1) is 28.6 Å². The number of benzene rings is 2. The fraction of sp³-hybridized carbons (Fsp3) is 0.238. The van der Waals surface area contributed by atoms with Crippen molar-refractivity contribution in [2.24, 2.45) is 0 Å². The Hall–Kier alpha value is -3.33. The molecule has 0 amide bonds. The summed E-state index contributed by atoms with van der Waals surface area (Å²) >= 11 is 0. The number of hydrogen-bond donors (Lipinski definition) is 0. The summed E-state index contributed by atoms with van der Waals surface area (Å²) < 4.78 is 43.7. The molecule has 1 aromatic heterocycles. The lowest BCUT2D eigenvalue weighted by molar-refractivity contribution is 0.0518. The maximum atomic E-state index is 12.9. The molecule has 30 heavy (non-hydrogen) atoms. The fourth-order valence-corrected chi connectivity index (χ4v) is 5.37. The number of ether oxygens (including phenoxy) is 3. The average Bonchev–Trinajstić information content (AvgIpc) is 3.12. The number of fused-ring (bicyclic) bond motifs is 4. The van der Waals surface area contributed by atoms with Crippen LogP contribution in [0, 0.1) is 0 Å². The van der Waals surface area contributed by atoms with E-state index >= 15 is 0 Å². The zero-order valence-corrected chi connectivity index (χ0v) is 16.9. The number of sulfone groups is 1. The number of rotatable bonds is 3. The highest BCUT2D eigenvalue weighted by Gasteiger charge is 2.36. The van der Waals surface area contributed by atoms with Crippen LogP contribution in [0.4, 0.5) is 0 Å². The molecule has 0 aliphatic carbocycles. The maximum Gasteiger partial charge on any atom is 0.359 e. The van der Waals surface area contributed by atoms with Gasteiger partial charge in [-0.25, -0.2) is 17.9 Å². The van der Waals surface area contributed by atoms with Crippen molar-refractivity contribution < 1.29 is 27.4 Å². The summed E-state index contributed by atoms with van der Waals surface area (Å²) in [5, 5.41) is 4.48. The van der Waals surface area contributed by atoms with E-state index in [1.165, 1.54) is 0 Å². The van der Waals surface area contributed by atoms with E-state index in [9.17, 15) is 13.2 Å². The average molecular weight is 426 g/mol. The van der Waals surface area contributed by atoms with Crippen LogP contribution in [0.2, 0.25) is 0 Å². The van der Waals surface area contributed by atoms with Crippen molar-refractivity contribution in [2.75, 3.05) is 19.8 Å². The Morgan fingerprint density at radius 3 is 2.70 bits per heavy atom. The molecular weight excluding hydrogens is 408 g/mol. The molecule has 154 valence electrons. The first-order valence-corrected chi connectivity index (χ1v) is 11.2. The molecule has 0 saturated carbocycles. The third-order valence-electron chi connectivity index (χ3n) is 5.03. The second-order valence-corrected chi connectivity index (χ2v) is 8.85. The van der Waals surface area contributed by atoms with Crippen LogP contribution in [-0.4, -0.2) is 44.0 Å².